The van der Waals surface area contributed by atoms with E-state index in [2.05, 4.69) is 103 Å². The third-order valence-corrected chi connectivity index (χ3v) is 6.74. The summed E-state index contributed by atoms with van der Waals surface area (Å²) in [7, 11) is 0. The highest BCUT2D eigenvalue weighted by molar-refractivity contribution is 5.98. The van der Waals surface area contributed by atoms with Gasteiger partial charge in [0.1, 0.15) is 5.69 Å². The van der Waals surface area contributed by atoms with Crippen molar-refractivity contribution < 1.29 is 4.79 Å². The molecule has 0 spiro atoms. The van der Waals surface area contributed by atoms with Gasteiger partial charge in [0.05, 0.1) is 6.04 Å². The Labute approximate surface area is 195 Å². The molecule has 4 aromatic rings. The Morgan fingerprint density at radius 2 is 1.36 bits per heavy atom. The molecule has 1 saturated heterocycles. The third kappa shape index (κ3) is 4.44. The average molecular weight is 438 g/mol. The number of nitrogens with zero attached hydrogens (tertiary/aromatic N) is 2. The fourth-order valence-corrected chi connectivity index (χ4v) is 4.86. The smallest absolute Gasteiger partial charge is 0.270 e. The van der Waals surface area contributed by atoms with Crippen molar-refractivity contribution in [2.75, 3.05) is 26.2 Å². The summed E-state index contributed by atoms with van der Waals surface area (Å²) in [5.74, 6) is 0.562. The molecule has 3 aromatic carbocycles. The van der Waals surface area contributed by atoms with Gasteiger partial charge in [0.25, 0.3) is 5.91 Å². The van der Waals surface area contributed by atoms with Crippen molar-refractivity contribution >= 4 is 16.8 Å². The highest BCUT2D eigenvalue weighted by Gasteiger charge is 2.29. The van der Waals surface area contributed by atoms with E-state index in [9.17, 15) is 4.79 Å². The summed E-state index contributed by atoms with van der Waals surface area (Å²) in [6, 6.07) is 30.0. The molecule has 1 aromatic heterocycles. The average Bonchev–Trinajstić information content (AvgIpc) is 3.29. The van der Waals surface area contributed by atoms with Gasteiger partial charge in [0.2, 0.25) is 0 Å². The Hall–Kier alpha value is -3.37. The van der Waals surface area contributed by atoms with Crippen LogP contribution < -0.4 is 0 Å². The van der Waals surface area contributed by atoms with Gasteiger partial charge in [-0.1, -0.05) is 80.6 Å². The van der Waals surface area contributed by atoms with Gasteiger partial charge < -0.3 is 9.88 Å². The molecule has 1 N–H and O–H groups in total. The number of benzene rings is 3. The quantitative estimate of drug-likeness (QED) is 0.426. The fraction of sp³-hybridized carbons (Fsp3) is 0.276. The standard InChI is InChI=1S/C29H31N3O/c1-21(2)24-13-14-26-25(19-24)20-27(30-26)29(33)32-17-15-31(16-18-32)28(22-9-5-3-6-10-22)23-11-7-4-8-12-23/h3-14,19-21,28,30H,15-18H2,1-2H3. The number of fused-ring (bicyclic) bond motifs is 1. The van der Waals surface area contributed by atoms with Crippen LogP contribution in [0.5, 0.6) is 0 Å². The number of carbonyl (C=O) groups excluding carboxylic acids is 1. The second-order valence-electron chi connectivity index (χ2n) is 9.24. The van der Waals surface area contributed by atoms with Crippen molar-refractivity contribution in [2.45, 2.75) is 25.8 Å². The molecule has 2 heterocycles. The molecule has 5 rings (SSSR count). The summed E-state index contributed by atoms with van der Waals surface area (Å²) in [4.78, 5) is 21.1. The van der Waals surface area contributed by atoms with Crippen molar-refractivity contribution in [3.05, 3.63) is 107 Å². The zero-order chi connectivity index (χ0) is 22.8. The minimum Gasteiger partial charge on any atom is -0.351 e. The largest absolute Gasteiger partial charge is 0.351 e. The lowest BCUT2D eigenvalue weighted by Crippen LogP contribution is -2.50. The van der Waals surface area contributed by atoms with Crippen molar-refractivity contribution in [3.63, 3.8) is 0 Å². The van der Waals surface area contributed by atoms with Crippen molar-refractivity contribution in [3.8, 4) is 0 Å². The van der Waals surface area contributed by atoms with E-state index in [1.54, 1.807) is 0 Å². The minimum atomic E-state index is 0.0907. The summed E-state index contributed by atoms with van der Waals surface area (Å²) in [6.07, 6.45) is 0. The lowest BCUT2D eigenvalue weighted by atomic mass is 9.96. The lowest BCUT2D eigenvalue weighted by Gasteiger charge is -2.39. The van der Waals surface area contributed by atoms with Crippen LogP contribution in [-0.4, -0.2) is 46.9 Å². The normalized spacial score (nSPS) is 15.0. The fourth-order valence-electron chi connectivity index (χ4n) is 4.86. The van der Waals surface area contributed by atoms with E-state index in [1.807, 2.05) is 11.0 Å². The van der Waals surface area contributed by atoms with Gasteiger partial charge in [0, 0.05) is 37.1 Å². The summed E-state index contributed by atoms with van der Waals surface area (Å²) in [6.45, 7) is 7.52. The van der Waals surface area contributed by atoms with Crippen LogP contribution in [0.1, 0.15) is 53.0 Å². The molecule has 1 amide bonds. The number of hydrogen-bond donors (Lipinski definition) is 1. The predicted molar refractivity (Wildman–Crippen MR) is 135 cm³/mol. The van der Waals surface area contributed by atoms with E-state index < -0.39 is 0 Å². The lowest BCUT2D eigenvalue weighted by molar-refractivity contribution is 0.0592. The third-order valence-electron chi connectivity index (χ3n) is 6.74. The van der Waals surface area contributed by atoms with Crippen LogP contribution >= 0.6 is 0 Å². The summed E-state index contributed by atoms with van der Waals surface area (Å²) in [5.41, 5.74) is 5.58. The Morgan fingerprint density at radius 1 is 0.758 bits per heavy atom. The molecule has 33 heavy (non-hydrogen) atoms. The summed E-state index contributed by atoms with van der Waals surface area (Å²) in [5, 5.41) is 1.11. The highest BCUT2D eigenvalue weighted by atomic mass is 16.2. The van der Waals surface area contributed by atoms with Gasteiger partial charge in [-0.05, 0) is 40.8 Å². The molecule has 1 aliphatic rings. The van der Waals surface area contributed by atoms with Crippen LogP contribution in [0.25, 0.3) is 10.9 Å². The van der Waals surface area contributed by atoms with Crippen LogP contribution in [0.15, 0.2) is 84.9 Å². The number of aromatic amines is 1. The first-order chi connectivity index (χ1) is 16.1. The number of amides is 1. The first-order valence-electron chi connectivity index (χ1n) is 11.9. The molecule has 4 nitrogen and oxygen atoms in total. The maximum atomic E-state index is 13.3. The van der Waals surface area contributed by atoms with E-state index in [1.165, 1.54) is 16.7 Å². The van der Waals surface area contributed by atoms with E-state index in [0.717, 1.165) is 37.1 Å². The molecule has 0 saturated carbocycles. The molecule has 0 radical (unpaired) electrons. The number of H-pyrrole nitrogens is 1. The molecule has 0 bridgehead atoms. The van der Waals surface area contributed by atoms with Crippen LogP contribution in [-0.2, 0) is 0 Å². The molecule has 0 aliphatic carbocycles. The topological polar surface area (TPSA) is 39.3 Å². The van der Waals surface area contributed by atoms with E-state index in [4.69, 9.17) is 0 Å². The monoisotopic (exact) mass is 437 g/mol. The van der Waals surface area contributed by atoms with Gasteiger partial charge in [-0.25, -0.2) is 0 Å². The number of carbonyl (C=O) groups is 1. The minimum absolute atomic E-state index is 0.0907. The summed E-state index contributed by atoms with van der Waals surface area (Å²) < 4.78 is 0. The molecule has 4 heteroatoms. The van der Waals surface area contributed by atoms with Gasteiger partial charge in [-0.3, -0.25) is 9.69 Å². The van der Waals surface area contributed by atoms with Crippen molar-refractivity contribution in [2.24, 2.45) is 0 Å². The van der Waals surface area contributed by atoms with Gasteiger partial charge in [-0.2, -0.15) is 0 Å². The van der Waals surface area contributed by atoms with Crippen LogP contribution in [0.4, 0.5) is 0 Å². The Balaban J connectivity index is 1.32. The maximum Gasteiger partial charge on any atom is 0.270 e. The zero-order valence-corrected chi connectivity index (χ0v) is 19.4. The number of aromatic nitrogens is 1. The van der Waals surface area contributed by atoms with Gasteiger partial charge in [-0.15, -0.1) is 0 Å². The molecule has 1 aliphatic heterocycles. The van der Waals surface area contributed by atoms with E-state index in [0.29, 0.717) is 11.6 Å². The van der Waals surface area contributed by atoms with Gasteiger partial charge >= 0.3 is 0 Å². The summed E-state index contributed by atoms with van der Waals surface area (Å²) >= 11 is 0. The number of piperazine rings is 1. The van der Waals surface area contributed by atoms with Crippen LogP contribution in [0.2, 0.25) is 0 Å². The number of nitrogens with one attached hydrogen (secondary N) is 1. The molecular weight excluding hydrogens is 406 g/mol. The second-order valence-corrected chi connectivity index (χ2v) is 9.24. The highest BCUT2D eigenvalue weighted by Crippen LogP contribution is 2.30. The first-order valence-corrected chi connectivity index (χ1v) is 11.9. The number of rotatable bonds is 5. The second kappa shape index (κ2) is 9.24. The van der Waals surface area contributed by atoms with Crippen LogP contribution in [0, 0.1) is 0 Å². The van der Waals surface area contributed by atoms with Gasteiger partial charge in [0.15, 0.2) is 0 Å². The first kappa shape index (κ1) is 21.5. The van der Waals surface area contributed by atoms with Crippen molar-refractivity contribution in [1.29, 1.82) is 0 Å². The molecule has 168 valence electrons. The molecular formula is C29H31N3O. The maximum absolute atomic E-state index is 13.3. The van der Waals surface area contributed by atoms with E-state index in [-0.39, 0.29) is 11.9 Å². The SMILES string of the molecule is CC(C)c1ccc2[nH]c(C(=O)N3CCN(C(c4ccccc4)c4ccccc4)CC3)cc2c1. The molecule has 0 atom stereocenters. The van der Waals surface area contributed by atoms with E-state index >= 15 is 0 Å². The Bertz CT molecular complexity index is 1180. The predicted octanol–water partition coefficient (Wildman–Crippen LogP) is 5.84. The Kier molecular flexibility index (Phi) is 6.01. The zero-order valence-electron chi connectivity index (χ0n) is 19.4. The van der Waals surface area contributed by atoms with Crippen molar-refractivity contribution in [1.82, 2.24) is 14.8 Å². The molecule has 0 unspecified atom stereocenters. The Morgan fingerprint density at radius 3 is 1.94 bits per heavy atom. The molecule has 1 fully saturated rings. The number of hydrogen-bond acceptors (Lipinski definition) is 2. The van der Waals surface area contributed by atoms with Crippen LogP contribution in [0.3, 0.4) is 0 Å².